The van der Waals surface area contributed by atoms with E-state index in [1.54, 1.807) is 12.1 Å². The molecule has 1 saturated heterocycles. The third-order valence-corrected chi connectivity index (χ3v) is 5.76. The molecule has 0 aromatic heterocycles. The lowest BCUT2D eigenvalue weighted by molar-refractivity contribution is 0.249. The number of benzene rings is 1. The number of hydrogen-bond acceptors (Lipinski definition) is 4. The molecule has 1 aliphatic heterocycles. The van der Waals surface area contributed by atoms with Crippen LogP contribution in [-0.4, -0.2) is 39.0 Å². The highest BCUT2D eigenvalue weighted by Gasteiger charge is 2.33. The van der Waals surface area contributed by atoms with E-state index in [-0.39, 0.29) is 16.9 Å². The van der Waals surface area contributed by atoms with Crippen molar-refractivity contribution >= 4 is 10.0 Å². The van der Waals surface area contributed by atoms with Crippen LogP contribution in [0, 0.1) is 12.8 Å². The molecule has 0 spiro atoms. The zero-order valence-electron chi connectivity index (χ0n) is 12.2. The molecule has 20 heavy (non-hydrogen) atoms. The molecule has 2 unspecified atom stereocenters. The van der Waals surface area contributed by atoms with Gasteiger partial charge in [0, 0.05) is 19.1 Å². The molecule has 2 rings (SSSR count). The zero-order chi connectivity index (χ0) is 14.9. The van der Waals surface area contributed by atoms with Crippen LogP contribution in [0.2, 0.25) is 0 Å². The van der Waals surface area contributed by atoms with E-state index in [9.17, 15) is 8.42 Å². The lowest BCUT2D eigenvalue weighted by atomic mass is 9.96. The summed E-state index contributed by atoms with van der Waals surface area (Å²) in [5.74, 6) is 0.549. The van der Waals surface area contributed by atoms with Crippen molar-refractivity contribution in [3.63, 3.8) is 0 Å². The van der Waals surface area contributed by atoms with Gasteiger partial charge in [-0.1, -0.05) is 13.0 Å². The number of methoxy groups -OCH3 is 1. The lowest BCUT2D eigenvalue weighted by Crippen LogP contribution is -2.48. The Bertz CT molecular complexity index is 586. The molecule has 2 N–H and O–H groups in total. The second-order valence-corrected chi connectivity index (χ2v) is 7.35. The van der Waals surface area contributed by atoms with Gasteiger partial charge in [0.1, 0.15) is 10.6 Å². The van der Waals surface area contributed by atoms with Gasteiger partial charge >= 0.3 is 0 Å². The fourth-order valence-electron chi connectivity index (χ4n) is 2.47. The van der Waals surface area contributed by atoms with Gasteiger partial charge in [-0.2, -0.15) is 4.31 Å². The number of nitrogens with two attached hydrogens (primary N) is 1. The highest BCUT2D eigenvalue weighted by Crippen LogP contribution is 2.30. The van der Waals surface area contributed by atoms with Gasteiger partial charge in [0.2, 0.25) is 10.0 Å². The maximum atomic E-state index is 12.8. The molecule has 1 aromatic rings. The Balaban J connectivity index is 2.38. The summed E-state index contributed by atoms with van der Waals surface area (Å²) >= 11 is 0. The number of hydrogen-bond donors (Lipinski definition) is 1. The molecule has 1 fully saturated rings. The van der Waals surface area contributed by atoms with Crippen molar-refractivity contribution in [2.75, 3.05) is 20.2 Å². The average Bonchev–Trinajstić information content (AvgIpc) is 2.41. The summed E-state index contributed by atoms with van der Waals surface area (Å²) in [6.45, 7) is 4.78. The van der Waals surface area contributed by atoms with Gasteiger partial charge in [-0.25, -0.2) is 8.42 Å². The topological polar surface area (TPSA) is 72.6 Å². The Morgan fingerprint density at radius 1 is 1.40 bits per heavy atom. The molecule has 2 atom stereocenters. The minimum Gasteiger partial charge on any atom is -0.495 e. The smallest absolute Gasteiger partial charge is 0.246 e. The monoisotopic (exact) mass is 298 g/mol. The highest BCUT2D eigenvalue weighted by molar-refractivity contribution is 7.89. The van der Waals surface area contributed by atoms with E-state index in [0.717, 1.165) is 5.56 Å². The van der Waals surface area contributed by atoms with Crippen LogP contribution in [0.15, 0.2) is 23.1 Å². The fraction of sp³-hybridized carbons (Fsp3) is 0.571. The van der Waals surface area contributed by atoms with Gasteiger partial charge in [-0.15, -0.1) is 0 Å². The van der Waals surface area contributed by atoms with Crippen LogP contribution in [0.4, 0.5) is 0 Å². The van der Waals surface area contributed by atoms with Gasteiger partial charge in [-0.05, 0) is 37.0 Å². The Hall–Kier alpha value is -1.11. The molecule has 1 aliphatic rings. The first-order valence-electron chi connectivity index (χ1n) is 6.76. The summed E-state index contributed by atoms with van der Waals surface area (Å²) < 4.78 is 32.3. The first-order valence-corrected chi connectivity index (χ1v) is 8.20. The summed E-state index contributed by atoms with van der Waals surface area (Å²) in [5.41, 5.74) is 6.85. The third-order valence-electron chi connectivity index (χ3n) is 3.87. The minimum absolute atomic E-state index is 0.0702. The third kappa shape index (κ3) is 2.82. The summed E-state index contributed by atoms with van der Waals surface area (Å²) in [6, 6.07) is 5.27. The van der Waals surface area contributed by atoms with Crippen LogP contribution in [-0.2, 0) is 10.0 Å². The second kappa shape index (κ2) is 5.71. The predicted octanol–water partition coefficient (Wildman–Crippen LogP) is 1.36. The SMILES string of the molecule is COc1ccc(C)cc1S(=O)(=O)N1CCC(N)C(C)C1. The van der Waals surface area contributed by atoms with Gasteiger partial charge in [-0.3, -0.25) is 0 Å². The van der Waals surface area contributed by atoms with Gasteiger partial charge in [0.05, 0.1) is 7.11 Å². The van der Waals surface area contributed by atoms with E-state index < -0.39 is 10.0 Å². The molecule has 0 amide bonds. The average molecular weight is 298 g/mol. The molecule has 6 heteroatoms. The van der Waals surface area contributed by atoms with Crippen LogP contribution in [0.5, 0.6) is 5.75 Å². The zero-order valence-corrected chi connectivity index (χ0v) is 13.0. The largest absolute Gasteiger partial charge is 0.495 e. The molecule has 0 saturated carbocycles. The van der Waals surface area contributed by atoms with Gasteiger partial charge in [0.25, 0.3) is 0 Å². The molecular formula is C14H22N2O3S. The lowest BCUT2D eigenvalue weighted by Gasteiger charge is -2.34. The molecule has 0 aliphatic carbocycles. The highest BCUT2D eigenvalue weighted by atomic mass is 32.2. The Kier molecular flexibility index (Phi) is 4.36. The number of aryl methyl sites for hydroxylation is 1. The summed E-state index contributed by atoms with van der Waals surface area (Å²) in [6.07, 6.45) is 0.689. The molecule has 5 nitrogen and oxygen atoms in total. The fourth-order valence-corrected chi connectivity index (χ4v) is 4.26. The van der Waals surface area contributed by atoms with Crippen LogP contribution in [0.3, 0.4) is 0 Å². The molecule has 0 radical (unpaired) electrons. The Labute approximate surface area is 120 Å². The van der Waals surface area contributed by atoms with Gasteiger partial charge in [0.15, 0.2) is 0 Å². The standard InChI is InChI=1S/C14H22N2O3S/c1-10-4-5-13(19-3)14(8-10)20(17,18)16-7-6-12(15)11(2)9-16/h4-5,8,11-12H,6-7,9,15H2,1-3H3. The Morgan fingerprint density at radius 2 is 2.10 bits per heavy atom. The van der Waals surface area contributed by atoms with Crippen molar-refractivity contribution in [3.05, 3.63) is 23.8 Å². The first-order chi connectivity index (χ1) is 9.36. The van der Waals surface area contributed by atoms with Crippen molar-refractivity contribution < 1.29 is 13.2 Å². The number of rotatable bonds is 3. The van der Waals surface area contributed by atoms with Crippen LogP contribution >= 0.6 is 0 Å². The number of nitrogens with zero attached hydrogens (tertiary/aromatic N) is 1. The van der Waals surface area contributed by atoms with E-state index in [4.69, 9.17) is 10.5 Å². The van der Waals surface area contributed by atoms with Crippen molar-refractivity contribution in [1.82, 2.24) is 4.31 Å². The Morgan fingerprint density at radius 3 is 2.70 bits per heavy atom. The number of piperidine rings is 1. The summed E-state index contributed by atoms with van der Waals surface area (Å²) in [4.78, 5) is 0.239. The van der Waals surface area contributed by atoms with Crippen molar-refractivity contribution in [2.24, 2.45) is 11.7 Å². The predicted molar refractivity (Wildman–Crippen MR) is 78.2 cm³/mol. The first kappa shape index (κ1) is 15.3. The van der Waals surface area contributed by atoms with Crippen LogP contribution in [0.1, 0.15) is 18.9 Å². The van der Waals surface area contributed by atoms with E-state index in [2.05, 4.69) is 0 Å². The van der Waals surface area contributed by atoms with Gasteiger partial charge < -0.3 is 10.5 Å². The summed E-state index contributed by atoms with van der Waals surface area (Å²) in [5, 5.41) is 0. The minimum atomic E-state index is -3.53. The molecule has 0 bridgehead atoms. The van der Waals surface area contributed by atoms with Crippen molar-refractivity contribution in [1.29, 1.82) is 0 Å². The second-order valence-electron chi connectivity index (χ2n) is 5.45. The molecule has 1 heterocycles. The summed E-state index contributed by atoms with van der Waals surface area (Å²) in [7, 11) is -2.05. The maximum absolute atomic E-state index is 12.8. The van der Waals surface area contributed by atoms with E-state index >= 15 is 0 Å². The van der Waals surface area contributed by atoms with Crippen LogP contribution < -0.4 is 10.5 Å². The normalized spacial score (nSPS) is 24.6. The van der Waals surface area contributed by atoms with E-state index in [1.165, 1.54) is 11.4 Å². The maximum Gasteiger partial charge on any atom is 0.246 e. The molecule has 112 valence electrons. The van der Waals surface area contributed by atoms with Crippen LogP contribution in [0.25, 0.3) is 0 Å². The van der Waals surface area contributed by atoms with E-state index in [1.807, 2.05) is 19.9 Å². The van der Waals surface area contributed by atoms with Crippen molar-refractivity contribution in [2.45, 2.75) is 31.2 Å². The number of ether oxygens (including phenoxy) is 1. The number of sulfonamides is 1. The van der Waals surface area contributed by atoms with Crippen molar-refractivity contribution in [3.8, 4) is 5.75 Å². The molecule has 1 aromatic carbocycles. The van der Waals surface area contributed by atoms with E-state index in [0.29, 0.717) is 25.3 Å². The molecular weight excluding hydrogens is 276 g/mol. The quantitative estimate of drug-likeness (QED) is 0.914.